The highest BCUT2D eigenvalue weighted by molar-refractivity contribution is 5.70. The summed E-state index contributed by atoms with van der Waals surface area (Å²) in [6.07, 6.45) is -1.23. The largest absolute Gasteiger partial charge is 0.460 e. The van der Waals surface area contributed by atoms with Gasteiger partial charge in [-0.05, 0) is 70.2 Å². The van der Waals surface area contributed by atoms with Crippen LogP contribution in [-0.4, -0.2) is 24.7 Å². The molecule has 1 fully saturated rings. The van der Waals surface area contributed by atoms with Gasteiger partial charge in [0.25, 0.3) is 0 Å². The van der Waals surface area contributed by atoms with Crippen molar-refractivity contribution < 1.29 is 22.7 Å². The average Bonchev–Trinajstić information content (AvgIpc) is 2.92. The lowest BCUT2D eigenvalue weighted by Crippen LogP contribution is -2.29. The van der Waals surface area contributed by atoms with Crippen molar-refractivity contribution in [1.82, 2.24) is 0 Å². The second kappa shape index (κ2) is 7.26. The van der Waals surface area contributed by atoms with Gasteiger partial charge in [0.2, 0.25) is 0 Å². The Morgan fingerprint density at radius 2 is 1.76 bits per heavy atom. The van der Waals surface area contributed by atoms with Crippen molar-refractivity contribution in [1.29, 1.82) is 0 Å². The zero-order valence-corrected chi connectivity index (χ0v) is 15.2. The lowest BCUT2D eigenvalue weighted by atomic mass is 10.0. The van der Waals surface area contributed by atoms with E-state index < -0.39 is 17.3 Å². The van der Waals surface area contributed by atoms with Crippen molar-refractivity contribution in [3.8, 4) is 0 Å². The number of carbonyl (C=O) groups is 1. The Balaban J connectivity index is 1.91. The molecule has 3 nitrogen and oxygen atoms in total. The van der Waals surface area contributed by atoms with E-state index in [1.807, 2.05) is 32.7 Å². The minimum atomic E-state index is -4.32. The van der Waals surface area contributed by atoms with Gasteiger partial charge in [-0.1, -0.05) is 0 Å². The summed E-state index contributed by atoms with van der Waals surface area (Å²) in [7, 11) is 1.89. The standard InChI is InChI=1S/C19H26F3NO2/c1-18(2,3)25-17(24)12-13-5-8-16(11-13)23(4)15-9-6-14(7-10-15)19(20,21)22/h6-7,9-10,13,16H,5,8,11-12H2,1-4H3/t13-,16-/m1/s1. The third-order valence-electron chi connectivity index (χ3n) is 4.54. The molecule has 1 aromatic carbocycles. The molecule has 0 amide bonds. The van der Waals surface area contributed by atoms with Gasteiger partial charge in [-0.2, -0.15) is 13.2 Å². The number of carbonyl (C=O) groups excluding carboxylic acids is 1. The molecule has 0 aliphatic heterocycles. The predicted octanol–water partition coefficient (Wildman–Crippen LogP) is 5.04. The van der Waals surface area contributed by atoms with E-state index in [1.54, 1.807) is 0 Å². The van der Waals surface area contributed by atoms with Crippen molar-refractivity contribution in [3.63, 3.8) is 0 Å². The van der Waals surface area contributed by atoms with E-state index in [-0.39, 0.29) is 17.9 Å². The van der Waals surface area contributed by atoms with E-state index in [0.717, 1.165) is 37.1 Å². The maximum Gasteiger partial charge on any atom is 0.416 e. The molecular weight excluding hydrogens is 331 g/mol. The lowest BCUT2D eigenvalue weighted by molar-refractivity contribution is -0.155. The average molecular weight is 357 g/mol. The molecule has 6 heteroatoms. The maximum absolute atomic E-state index is 12.7. The van der Waals surface area contributed by atoms with Crippen LogP contribution in [0.1, 0.15) is 52.0 Å². The Morgan fingerprint density at radius 3 is 2.28 bits per heavy atom. The van der Waals surface area contributed by atoms with Crippen LogP contribution < -0.4 is 4.90 Å². The van der Waals surface area contributed by atoms with E-state index in [1.165, 1.54) is 12.1 Å². The molecule has 1 aromatic rings. The molecule has 0 bridgehead atoms. The zero-order chi connectivity index (χ0) is 18.8. The monoisotopic (exact) mass is 357 g/mol. The van der Waals surface area contributed by atoms with E-state index in [0.29, 0.717) is 6.42 Å². The van der Waals surface area contributed by atoms with Crippen LogP contribution in [0.5, 0.6) is 0 Å². The molecule has 140 valence electrons. The number of rotatable bonds is 4. The number of benzene rings is 1. The first-order chi connectivity index (χ1) is 11.5. The van der Waals surface area contributed by atoms with Crippen LogP contribution in [0.3, 0.4) is 0 Å². The fourth-order valence-corrected chi connectivity index (χ4v) is 3.30. The fraction of sp³-hybridized carbons (Fsp3) is 0.632. The van der Waals surface area contributed by atoms with Crippen molar-refractivity contribution in [3.05, 3.63) is 29.8 Å². The van der Waals surface area contributed by atoms with Crippen molar-refractivity contribution in [2.45, 2.75) is 64.3 Å². The zero-order valence-electron chi connectivity index (χ0n) is 15.2. The molecule has 0 N–H and O–H groups in total. The van der Waals surface area contributed by atoms with Crippen LogP contribution in [0.15, 0.2) is 24.3 Å². The maximum atomic E-state index is 12.7. The summed E-state index contributed by atoms with van der Waals surface area (Å²) in [5.41, 5.74) is -0.360. The smallest absolute Gasteiger partial charge is 0.416 e. The van der Waals surface area contributed by atoms with Crippen LogP contribution in [0.25, 0.3) is 0 Å². The van der Waals surface area contributed by atoms with Crippen molar-refractivity contribution in [2.75, 3.05) is 11.9 Å². The van der Waals surface area contributed by atoms with Crippen molar-refractivity contribution in [2.24, 2.45) is 5.92 Å². The van der Waals surface area contributed by atoms with E-state index in [9.17, 15) is 18.0 Å². The molecule has 1 saturated carbocycles. The Morgan fingerprint density at radius 1 is 1.16 bits per heavy atom. The van der Waals surface area contributed by atoms with Crippen LogP contribution >= 0.6 is 0 Å². The summed E-state index contributed by atoms with van der Waals surface area (Å²) < 4.78 is 43.3. The second-order valence-electron chi connectivity index (χ2n) is 7.78. The summed E-state index contributed by atoms with van der Waals surface area (Å²) >= 11 is 0. The summed E-state index contributed by atoms with van der Waals surface area (Å²) in [6, 6.07) is 5.45. The summed E-state index contributed by atoms with van der Waals surface area (Å²) in [5.74, 6) is 0.0760. The molecule has 0 radical (unpaired) electrons. The summed E-state index contributed by atoms with van der Waals surface area (Å²) in [6.45, 7) is 5.54. The van der Waals surface area contributed by atoms with Crippen molar-refractivity contribution >= 4 is 11.7 Å². The Bertz CT molecular complexity index is 590. The highest BCUT2D eigenvalue weighted by Crippen LogP contribution is 2.35. The van der Waals surface area contributed by atoms with Crippen LogP contribution in [-0.2, 0) is 15.7 Å². The summed E-state index contributed by atoms with van der Waals surface area (Å²) in [4.78, 5) is 14.0. The molecule has 25 heavy (non-hydrogen) atoms. The fourth-order valence-electron chi connectivity index (χ4n) is 3.30. The Kier molecular flexibility index (Phi) is 5.69. The number of hydrogen-bond donors (Lipinski definition) is 0. The molecule has 0 aromatic heterocycles. The van der Waals surface area contributed by atoms with Crippen LogP contribution in [0, 0.1) is 5.92 Å². The highest BCUT2D eigenvalue weighted by atomic mass is 19.4. The predicted molar refractivity (Wildman–Crippen MR) is 91.4 cm³/mol. The quantitative estimate of drug-likeness (QED) is 0.707. The number of anilines is 1. The topological polar surface area (TPSA) is 29.5 Å². The normalized spacial score (nSPS) is 21.2. The second-order valence-corrected chi connectivity index (χ2v) is 7.78. The van der Waals surface area contributed by atoms with Gasteiger partial charge >= 0.3 is 12.1 Å². The van der Waals surface area contributed by atoms with Gasteiger partial charge < -0.3 is 9.64 Å². The first-order valence-electron chi connectivity index (χ1n) is 8.57. The number of hydrogen-bond acceptors (Lipinski definition) is 3. The Labute approximate surface area is 147 Å². The van der Waals surface area contributed by atoms with E-state index in [2.05, 4.69) is 0 Å². The van der Waals surface area contributed by atoms with Gasteiger partial charge in [-0.25, -0.2) is 0 Å². The van der Waals surface area contributed by atoms with Crippen LogP contribution in [0.4, 0.5) is 18.9 Å². The number of alkyl halides is 3. The highest BCUT2D eigenvalue weighted by Gasteiger charge is 2.32. The molecule has 2 atom stereocenters. The molecule has 0 unspecified atom stereocenters. The first kappa shape index (κ1) is 19.6. The third-order valence-corrected chi connectivity index (χ3v) is 4.54. The lowest BCUT2D eigenvalue weighted by Gasteiger charge is -2.27. The Hall–Kier alpha value is -1.72. The van der Waals surface area contributed by atoms with Gasteiger partial charge in [-0.3, -0.25) is 4.79 Å². The van der Waals surface area contributed by atoms with Gasteiger partial charge in [-0.15, -0.1) is 0 Å². The molecule has 0 spiro atoms. The molecule has 1 aliphatic carbocycles. The van der Waals surface area contributed by atoms with Crippen LogP contribution in [0.2, 0.25) is 0 Å². The molecule has 0 heterocycles. The molecule has 2 rings (SSSR count). The number of esters is 1. The van der Waals surface area contributed by atoms with E-state index in [4.69, 9.17) is 4.74 Å². The minimum Gasteiger partial charge on any atom is -0.460 e. The molecule has 0 saturated heterocycles. The SMILES string of the molecule is CN(c1ccc(C(F)(F)F)cc1)[C@@H]1CC[C@@H](CC(=O)OC(C)(C)C)C1. The van der Waals surface area contributed by atoms with E-state index >= 15 is 0 Å². The van der Waals surface area contributed by atoms with Gasteiger partial charge in [0.05, 0.1) is 5.56 Å². The third kappa shape index (κ3) is 5.65. The number of halogens is 3. The number of ether oxygens (including phenoxy) is 1. The number of nitrogens with zero attached hydrogens (tertiary/aromatic N) is 1. The van der Waals surface area contributed by atoms with Gasteiger partial charge in [0.1, 0.15) is 5.60 Å². The minimum absolute atomic E-state index is 0.185. The summed E-state index contributed by atoms with van der Waals surface area (Å²) in [5, 5.41) is 0. The van der Waals surface area contributed by atoms with Gasteiger partial charge in [0.15, 0.2) is 0 Å². The van der Waals surface area contributed by atoms with Gasteiger partial charge in [0, 0.05) is 25.2 Å². The molecule has 1 aliphatic rings. The first-order valence-corrected chi connectivity index (χ1v) is 8.57. The molecular formula is C19H26F3NO2.